The van der Waals surface area contributed by atoms with Crippen molar-refractivity contribution in [3.8, 4) is 0 Å². The minimum atomic E-state index is -3.67. The number of hydrogen-bond donors (Lipinski definition) is 2. The Labute approximate surface area is 87.8 Å². The first-order valence-electron chi connectivity index (χ1n) is 4.34. The van der Waals surface area contributed by atoms with E-state index in [1.807, 2.05) is 0 Å². The Hall–Kier alpha value is -0.980. The van der Waals surface area contributed by atoms with Crippen LogP contribution in [0.5, 0.6) is 0 Å². The third-order valence-electron chi connectivity index (χ3n) is 1.75. The molecule has 1 aromatic rings. The molecule has 0 spiro atoms. The van der Waals surface area contributed by atoms with Gasteiger partial charge in [0, 0.05) is 6.04 Å². The Morgan fingerprint density at radius 1 is 1.40 bits per heavy atom. The van der Waals surface area contributed by atoms with Gasteiger partial charge in [0.15, 0.2) is 0 Å². The fourth-order valence-corrected chi connectivity index (χ4v) is 2.22. The Balaban J connectivity index is 2.91. The maximum absolute atomic E-state index is 12.5. The van der Waals surface area contributed by atoms with Gasteiger partial charge in [-0.15, -0.1) is 0 Å². The van der Waals surface area contributed by atoms with Crippen LogP contribution in [0, 0.1) is 5.82 Å². The molecule has 1 unspecified atom stereocenters. The molecule has 0 amide bonds. The van der Waals surface area contributed by atoms with Gasteiger partial charge in [0.2, 0.25) is 10.0 Å². The fraction of sp³-hybridized carbons (Fsp3) is 0.333. The molecule has 0 bridgehead atoms. The number of aliphatic hydroxyl groups is 1. The van der Waals surface area contributed by atoms with Gasteiger partial charge in [-0.05, 0) is 31.2 Å². The molecule has 2 N–H and O–H groups in total. The Morgan fingerprint density at radius 2 is 1.93 bits per heavy atom. The molecule has 0 heterocycles. The lowest BCUT2D eigenvalue weighted by Crippen LogP contribution is -2.34. The van der Waals surface area contributed by atoms with Crippen molar-refractivity contribution in [2.45, 2.75) is 17.9 Å². The van der Waals surface area contributed by atoms with Crippen LogP contribution in [0.4, 0.5) is 4.39 Å². The van der Waals surface area contributed by atoms with Crippen molar-refractivity contribution in [1.29, 1.82) is 0 Å². The summed E-state index contributed by atoms with van der Waals surface area (Å²) in [6.07, 6.45) is 0. The smallest absolute Gasteiger partial charge is 0.240 e. The Morgan fingerprint density at radius 3 is 2.40 bits per heavy atom. The van der Waals surface area contributed by atoms with E-state index in [1.165, 1.54) is 19.1 Å². The minimum Gasteiger partial charge on any atom is -0.395 e. The second-order valence-electron chi connectivity index (χ2n) is 3.16. The Bertz CT molecular complexity index is 415. The van der Waals surface area contributed by atoms with Gasteiger partial charge < -0.3 is 5.11 Å². The van der Waals surface area contributed by atoms with E-state index in [4.69, 9.17) is 5.11 Å². The summed E-state index contributed by atoms with van der Waals surface area (Å²) in [5, 5.41) is 8.70. The van der Waals surface area contributed by atoms with E-state index in [1.54, 1.807) is 0 Å². The minimum absolute atomic E-state index is 0.0239. The van der Waals surface area contributed by atoms with Crippen LogP contribution < -0.4 is 4.72 Å². The molecule has 1 atom stereocenters. The van der Waals surface area contributed by atoms with Crippen molar-refractivity contribution < 1.29 is 17.9 Å². The van der Waals surface area contributed by atoms with Crippen molar-refractivity contribution in [2.75, 3.05) is 6.61 Å². The first-order chi connectivity index (χ1) is 6.95. The number of halogens is 1. The summed E-state index contributed by atoms with van der Waals surface area (Å²) >= 11 is 0. The lowest BCUT2D eigenvalue weighted by molar-refractivity contribution is 0.265. The molecule has 0 aliphatic rings. The van der Waals surface area contributed by atoms with Crippen LogP contribution in [0.1, 0.15) is 6.92 Å². The topological polar surface area (TPSA) is 66.4 Å². The predicted molar refractivity (Wildman–Crippen MR) is 53.3 cm³/mol. The zero-order valence-corrected chi connectivity index (χ0v) is 8.96. The van der Waals surface area contributed by atoms with E-state index in [9.17, 15) is 12.8 Å². The van der Waals surface area contributed by atoms with Crippen LogP contribution in [0.25, 0.3) is 0 Å². The molecule has 0 aromatic heterocycles. The molecule has 0 saturated heterocycles. The van der Waals surface area contributed by atoms with Gasteiger partial charge in [-0.3, -0.25) is 0 Å². The summed E-state index contributed by atoms with van der Waals surface area (Å²) in [4.78, 5) is -0.0239. The van der Waals surface area contributed by atoms with Crippen LogP contribution in [-0.2, 0) is 10.0 Å². The lowest BCUT2D eigenvalue weighted by atomic mass is 10.4. The average Bonchev–Trinajstić information content (AvgIpc) is 2.17. The summed E-state index contributed by atoms with van der Waals surface area (Å²) in [5.74, 6) is -0.496. The van der Waals surface area contributed by atoms with Gasteiger partial charge in [0.25, 0.3) is 0 Å². The third kappa shape index (κ3) is 3.26. The molecule has 6 heteroatoms. The second kappa shape index (κ2) is 4.69. The van der Waals surface area contributed by atoms with Gasteiger partial charge in [0.1, 0.15) is 5.82 Å². The number of hydrogen-bond acceptors (Lipinski definition) is 3. The lowest BCUT2D eigenvalue weighted by Gasteiger charge is -2.11. The number of rotatable bonds is 4. The highest BCUT2D eigenvalue weighted by Crippen LogP contribution is 2.09. The van der Waals surface area contributed by atoms with Gasteiger partial charge >= 0.3 is 0 Å². The molecule has 4 nitrogen and oxygen atoms in total. The fourth-order valence-electron chi connectivity index (χ4n) is 0.984. The highest BCUT2D eigenvalue weighted by atomic mass is 32.2. The average molecular weight is 233 g/mol. The Kier molecular flexibility index (Phi) is 3.78. The maximum Gasteiger partial charge on any atom is 0.240 e. The molecule has 0 radical (unpaired) electrons. The third-order valence-corrected chi connectivity index (χ3v) is 3.36. The monoisotopic (exact) mass is 233 g/mol. The quantitative estimate of drug-likeness (QED) is 0.795. The van der Waals surface area contributed by atoms with E-state index < -0.39 is 21.9 Å². The van der Waals surface area contributed by atoms with Gasteiger partial charge in [-0.2, -0.15) is 0 Å². The summed E-state index contributed by atoms with van der Waals surface area (Å²) < 4.78 is 37.9. The normalized spacial score (nSPS) is 13.8. The van der Waals surface area contributed by atoms with Gasteiger partial charge in [0.05, 0.1) is 11.5 Å². The summed E-state index contributed by atoms with van der Waals surface area (Å²) in [7, 11) is -3.67. The van der Waals surface area contributed by atoms with Crippen molar-refractivity contribution >= 4 is 10.0 Å². The molecule has 0 aliphatic carbocycles. The van der Waals surface area contributed by atoms with Crippen molar-refractivity contribution in [1.82, 2.24) is 4.72 Å². The van der Waals surface area contributed by atoms with Crippen LogP contribution >= 0.6 is 0 Å². The molecule has 1 aromatic carbocycles. The molecule has 0 saturated carbocycles. The summed E-state index contributed by atoms with van der Waals surface area (Å²) in [6.45, 7) is 1.24. The van der Waals surface area contributed by atoms with Crippen molar-refractivity contribution in [3.05, 3.63) is 30.1 Å². The molecule has 84 valence electrons. The summed E-state index contributed by atoms with van der Waals surface area (Å²) in [6, 6.07) is 3.90. The van der Waals surface area contributed by atoms with E-state index in [-0.39, 0.29) is 11.5 Å². The van der Waals surface area contributed by atoms with Crippen LogP contribution in [0.3, 0.4) is 0 Å². The summed E-state index contributed by atoms with van der Waals surface area (Å²) in [5.41, 5.74) is 0. The highest BCUT2D eigenvalue weighted by molar-refractivity contribution is 7.89. The standard InChI is InChI=1S/C9H12FNO3S/c1-7(6-12)11-15(13,14)9-4-2-8(10)3-5-9/h2-5,7,11-12H,6H2,1H3. The zero-order chi connectivity index (χ0) is 11.5. The zero-order valence-electron chi connectivity index (χ0n) is 8.14. The predicted octanol–water partition coefficient (Wildman–Crippen LogP) is 0.485. The maximum atomic E-state index is 12.5. The van der Waals surface area contributed by atoms with Gasteiger partial charge in [-0.25, -0.2) is 17.5 Å². The highest BCUT2D eigenvalue weighted by Gasteiger charge is 2.16. The first kappa shape index (κ1) is 12.1. The SMILES string of the molecule is CC(CO)NS(=O)(=O)c1ccc(F)cc1. The van der Waals surface area contributed by atoms with Crippen molar-refractivity contribution in [2.24, 2.45) is 0 Å². The molecular weight excluding hydrogens is 221 g/mol. The molecular formula is C9H12FNO3S. The van der Waals surface area contributed by atoms with E-state index in [2.05, 4.69) is 4.72 Å². The number of aliphatic hydroxyl groups excluding tert-OH is 1. The molecule has 1 rings (SSSR count). The van der Waals surface area contributed by atoms with Crippen LogP contribution in [0.15, 0.2) is 29.2 Å². The number of nitrogens with one attached hydrogen (secondary N) is 1. The van der Waals surface area contributed by atoms with E-state index in [0.717, 1.165) is 12.1 Å². The number of sulfonamides is 1. The van der Waals surface area contributed by atoms with E-state index >= 15 is 0 Å². The number of benzene rings is 1. The van der Waals surface area contributed by atoms with Gasteiger partial charge in [-0.1, -0.05) is 0 Å². The molecule has 0 fully saturated rings. The largest absolute Gasteiger partial charge is 0.395 e. The van der Waals surface area contributed by atoms with Crippen LogP contribution in [0.2, 0.25) is 0 Å². The first-order valence-corrected chi connectivity index (χ1v) is 5.83. The molecule has 15 heavy (non-hydrogen) atoms. The van der Waals surface area contributed by atoms with Crippen LogP contribution in [-0.4, -0.2) is 26.2 Å². The molecule has 0 aliphatic heterocycles. The second-order valence-corrected chi connectivity index (χ2v) is 4.87. The van der Waals surface area contributed by atoms with Crippen molar-refractivity contribution in [3.63, 3.8) is 0 Å². The van der Waals surface area contributed by atoms with E-state index in [0.29, 0.717) is 0 Å².